The number of piperidine rings is 1. The molecule has 1 aliphatic rings. The zero-order valence-corrected chi connectivity index (χ0v) is 12.1. The molecule has 106 valence electrons. The number of carbonyl (C=O) groups is 1. The lowest BCUT2D eigenvalue weighted by Gasteiger charge is -2.33. The molecule has 0 saturated carbocycles. The molecule has 1 aromatic heterocycles. The first kappa shape index (κ1) is 14.1. The van der Waals surface area contributed by atoms with Crippen LogP contribution in [0.2, 0.25) is 0 Å². The van der Waals surface area contributed by atoms with Crippen LogP contribution in [-0.4, -0.2) is 39.7 Å². The molecular formula is C14H24N4O. The number of nitrogens with zero attached hydrogens (tertiary/aromatic N) is 3. The van der Waals surface area contributed by atoms with Gasteiger partial charge in [0.05, 0.1) is 5.69 Å². The number of amides is 1. The Bertz CT molecular complexity index is 444. The maximum absolute atomic E-state index is 12.5. The molecule has 0 radical (unpaired) electrons. The molecule has 0 aliphatic carbocycles. The molecule has 19 heavy (non-hydrogen) atoms. The van der Waals surface area contributed by atoms with Crippen LogP contribution in [0.4, 0.5) is 0 Å². The standard InChI is InChI=1S/C14H24N4O/c1-4-12-9-13(17(3)16-12)14(19)18-7-5-11(6-8-18)10(2)15/h9-11H,4-8,15H2,1-3H3. The summed E-state index contributed by atoms with van der Waals surface area (Å²) < 4.78 is 1.69. The van der Waals surface area contributed by atoms with E-state index in [-0.39, 0.29) is 11.9 Å². The molecule has 1 aromatic rings. The predicted molar refractivity (Wildman–Crippen MR) is 74.9 cm³/mol. The number of rotatable bonds is 3. The molecule has 2 heterocycles. The fourth-order valence-electron chi connectivity index (χ4n) is 2.69. The summed E-state index contributed by atoms with van der Waals surface area (Å²) in [5.41, 5.74) is 7.59. The van der Waals surface area contributed by atoms with Crippen molar-refractivity contribution in [2.24, 2.45) is 18.7 Å². The topological polar surface area (TPSA) is 64.2 Å². The van der Waals surface area contributed by atoms with Crippen molar-refractivity contribution in [3.63, 3.8) is 0 Å². The molecule has 1 amide bonds. The van der Waals surface area contributed by atoms with Crippen molar-refractivity contribution in [2.45, 2.75) is 39.2 Å². The molecule has 1 fully saturated rings. The molecule has 0 aromatic carbocycles. The highest BCUT2D eigenvalue weighted by atomic mass is 16.2. The third-order valence-corrected chi connectivity index (χ3v) is 4.08. The van der Waals surface area contributed by atoms with E-state index in [0.29, 0.717) is 11.6 Å². The second kappa shape index (κ2) is 5.74. The van der Waals surface area contributed by atoms with Crippen LogP contribution in [0.25, 0.3) is 0 Å². The lowest BCUT2D eigenvalue weighted by molar-refractivity contribution is 0.0670. The minimum absolute atomic E-state index is 0.0952. The van der Waals surface area contributed by atoms with Gasteiger partial charge in [0.2, 0.25) is 0 Å². The van der Waals surface area contributed by atoms with Crippen LogP contribution in [0.5, 0.6) is 0 Å². The average molecular weight is 264 g/mol. The molecule has 1 aliphatic heterocycles. The van der Waals surface area contributed by atoms with Crippen molar-refractivity contribution in [3.05, 3.63) is 17.5 Å². The van der Waals surface area contributed by atoms with Gasteiger partial charge >= 0.3 is 0 Å². The van der Waals surface area contributed by atoms with Crippen LogP contribution < -0.4 is 5.73 Å². The molecule has 1 saturated heterocycles. The van der Waals surface area contributed by atoms with E-state index in [1.165, 1.54) is 0 Å². The predicted octanol–water partition coefficient (Wildman–Crippen LogP) is 1.18. The molecule has 2 N–H and O–H groups in total. The van der Waals surface area contributed by atoms with Crippen LogP contribution in [-0.2, 0) is 13.5 Å². The van der Waals surface area contributed by atoms with Crippen LogP contribution in [0.15, 0.2) is 6.07 Å². The Morgan fingerprint density at radius 1 is 1.53 bits per heavy atom. The van der Waals surface area contributed by atoms with Crippen LogP contribution >= 0.6 is 0 Å². The van der Waals surface area contributed by atoms with Gasteiger partial charge in [0, 0.05) is 26.2 Å². The van der Waals surface area contributed by atoms with E-state index in [9.17, 15) is 4.79 Å². The first-order valence-corrected chi connectivity index (χ1v) is 7.10. The third-order valence-electron chi connectivity index (χ3n) is 4.08. The normalized spacial score (nSPS) is 18.6. The Labute approximate surface area is 114 Å². The van der Waals surface area contributed by atoms with Crippen molar-refractivity contribution in [2.75, 3.05) is 13.1 Å². The number of hydrogen-bond donors (Lipinski definition) is 1. The van der Waals surface area contributed by atoms with E-state index in [1.54, 1.807) is 4.68 Å². The van der Waals surface area contributed by atoms with Gasteiger partial charge in [0.1, 0.15) is 5.69 Å². The van der Waals surface area contributed by atoms with Crippen molar-refractivity contribution in [3.8, 4) is 0 Å². The average Bonchev–Trinajstić information content (AvgIpc) is 2.79. The molecule has 1 unspecified atom stereocenters. The number of hydrogen-bond acceptors (Lipinski definition) is 3. The van der Waals surface area contributed by atoms with Gasteiger partial charge in [0.25, 0.3) is 5.91 Å². The quantitative estimate of drug-likeness (QED) is 0.891. The summed E-state index contributed by atoms with van der Waals surface area (Å²) in [5.74, 6) is 0.639. The Kier molecular flexibility index (Phi) is 4.24. The highest BCUT2D eigenvalue weighted by Gasteiger charge is 2.27. The first-order chi connectivity index (χ1) is 9.02. The molecule has 0 spiro atoms. The summed E-state index contributed by atoms with van der Waals surface area (Å²) in [5, 5.41) is 4.34. The van der Waals surface area contributed by atoms with Crippen LogP contribution in [0.3, 0.4) is 0 Å². The van der Waals surface area contributed by atoms with Gasteiger partial charge in [-0.05, 0) is 38.2 Å². The largest absolute Gasteiger partial charge is 0.337 e. The molecule has 0 bridgehead atoms. The zero-order valence-electron chi connectivity index (χ0n) is 12.1. The minimum Gasteiger partial charge on any atom is -0.337 e. The number of likely N-dealkylation sites (tertiary alicyclic amines) is 1. The Morgan fingerprint density at radius 2 is 2.16 bits per heavy atom. The summed E-state index contributed by atoms with van der Waals surface area (Å²) in [7, 11) is 1.83. The van der Waals surface area contributed by atoms with E-state index in [4.69, 9.17) is 5.73 Å². The number of aromatic nitrogens is 2. The number of aryl methyl sites for hydroxylation is 2. The highest BCUT2D eigenvalue weighted by Crippen LogP contribution is 2.21. The lowest BCUT2D eigenvalue weighted by Crippen LogP contribution is -2.43. The fourth-order valence-corrected chi connectivity index (χ4v) is 2.69. The number of carbonyl (C=O) groups excluding carboxylic acids is 1. The van der Waals surface area contributed by atoms with Crippen LogP contribution in [0.1, 0.15) is 42.9 Å². The summed E-state index contributed by atoms with van der Waals surface area (Å²) in [6, 6.07) is 2.13. The van der Waals surface area contributed by atoms with E-state index in [0.717, 1.165) is 38.0 Å². The van der Waals surface area contributed by atoms with Crippen LogP contribution in [0, 0.1) is 5.92 Å². The summed E-state index contributed by atoms with van der Waals surface area (Å²) >= 11 is 0. The third kappa shape index (κ3) is 2.97. The summed E-state index contributed by atoms with van der Waals surface area (Å²) in [6.07, 6.45) is 2.86. The Morgan fingerprint density at radius 3 is 2.63 bits per heavy atom. The molecule has 1 atom stereocenters. The van der Waals surface area contributed by atoms with Gasteiger partial charge in [-0.15, -0.1) is 0 Å². The first-order valence-electron chi connectivity index (χ1n) is 7.10. The van der Waals surface area contributed by atoms with Gasteiger partial charge in [-0.2, -0.15) is 5.10 Å². The van der Waals surface area contributed by atoms with E-state index < -0.39 is 0 Å². The van der Waals surface area contributed by atoms with Crippen molar-refractivity contribution < 1.29 is 4.79 Å². The van der Waals surface area contributed by atoms with Crippen molar-refractivity contribution in [1.29, 1.82) is 0 Å². The van der Waals surface area contributed by atoms with Gasteiger partial charge in [-0.3, -0.25) is 9.48 Å². The Hall–Kier alpha value is -1.36. The molecular weight excluding hydrogens is 240 g/mol. The SMILES string of the molecule is CCc1cc(C(=O)N2CCC(C(C)N)CC2)n(C)n1. The zero-order chi connectivity index (χ0) is 14.0. The van der Waals surface area contributed by atoms with E-state index in [2.05, 4.69) is 12.0 Å². The summed E-state index contributed by atoms with van der Waals surface area (Å²) in [6.45, 7) is 5.71. The highest BCUT2D eigenvalue weighted by molar-refractivity contribution is 5.92. The molecule has 5 nitrogen and oxygen atoms in total. The van der Waals surface area contributed by atoms with Gasteiger partial charge < -0.3 is 10.6 Å². The van der Waals surface area contributed by atoms with Gasteiger partial charge in [-0.25, -0.2) is 0 Å². The summed E-state index contributed by atoms with van der Waals surface area (Å²) in [4.78, 5) is 14.4. The number of nitrogens with two attached hydrogens (primary N) is 1. The lowest BCUT2D eigenvalue weighted by atomic mass is 9.91. The minimum atomic E-state index is 0.0952. The van der Waals surface area contributed by atoms with E-state index in [1.807, 2.05) is 24.9 Å². The smallest absolute Gasteiger partial charge is 0.272 e. The maximum Gasteiger partial charge on any atom is 0.272 e. The van der Waals surface area contributed by atoms with Gasteiger partial charge in [0.15, 0.2) is 0 Å². The van der Waals surface area contributed by atoms with Crippen molar-refractivity contribution >= 4 is 5.91 Å². The molecule has 5 heteroatoms. The van der Waals surface area contributed by atoms with E-state index >= 15 is 0 Å². The van der Waals surface area contributed by atoms with Crippen molar-refractivity contribution in [1.82, 2.24) is 14.7 Å². The second-order valence-electron chi connectivity index (χ2n) is 5.49. The molecule has 2 rings (SSSR count). The monoisotopic (exact) mass is 264 g/mol. The maximum atomic E-state index is 12.5. The second-order valence-corrected chi connectivity index (χ2v) is 5.49. The fraction of sp³-hybridized carbons (Fsp3) is 0.714. The van der Waals surface area contributed by atoms with Gasteiger partial charge in [-0.1, -0.05) is 6.92 Å². The Balaban J connectivity index is 2.03.